The number of urea groups is 1. The maximum atomic E-state index is 13.0. The first-order valence-corrected chi connectivity index (χ1v) is 7.77. The molecule has 1 aliphatic carbocycles. The number of benzene rings is 1. The van der Waals surface area contributed by atoms with Crippen LogP contribution in [0.1, 0.15) is 31.2 Å². The smallest absolute Gasteiger partial charge is 0.352 e. The first-order valence-electron chi connectivity index (χ1n) is 7.77. The molecule has 5 nitrogen and oxygen atoms in total. The number of carbonyl (C=O) groups excluding carboxylic acids is 2. The van der Waals surface area contributed by atoms with Crippen molar-refractivity contribution in [1.82, 2.24) is 5.32 Å². The highest BCUT2D eigenvalue weighted by Gasteiger charge is 2.47. The van der Waals surface area contributed by atoms with Gasteiger partial charge in [-0.05, 0) is 30.5 Å². The molecule has 0 heterocycles. The summed E-state index contributed by atoms with van der Waals surface area (Å²) >= 11 is 0. The van der Waals surface area contributed by atoms with Crippen molar-refractivity contribution in [2.45, 2.75) is 38.4 Å². The minimum Gasteiger partial charge on any atom is -0.352 e. The number of halogens is 3. The van der Waals surface area contributed by atoms with Crippen LogP contribution in [0.15, 0.2) is 24.3 Å². The van der Waals surface area contributed by atoms with Crippen molar-refractivity contribution < 1.29 is 22.8 Å². The topological polar surface area (TPSA) is 84.2 Å². The van der Waals surface area contributed by atoms with Crippen LogP contribution in [0.5, 0.6) is 0 Å². The Balaban J connectivity index is 1.93. The van der Waals surface area contributed by atoms with Gasteiger partial charge < -0.3 is 16.4 Å². The van der Waals surface area contributed by atoms with Crippen LogP contribution in [-0.2, 0) is 11.3 Å². The number of rotatable bonds is 4. The molecule has 0 spiro atoms. The van der Waals surface area contributed by atoms with Crippen LogP contribution in [0.4, 0.5) is 23.7 Å². The lowest BCUT2D eigenvalue weighted by Gasteiger charge is -2.32. The van der Waals surface area contributed by atoms with Crippen molar-refractivity contribution in [3.63, 3.8) is 0 Å². The first-order chi connectivity index (χ1) is 11.3. The molecule has 0 saturated heterocycles. The van der Waals surface area contributed by atoms with Crippen LogP contribution in [0.25, 0.3) is 0 Å². The van der Waals surface area contributed by atoms with E-state index in [4.69, 9.17) is 5.73 Å². The predicted octanol–water partition coefficient (Wildman–Crippen LogP) is 3.16. The third-order valence-electron chi connectivity index (χ3n) is 4.21. The summed E-state index contributed by atoms with van der Waals surface area (Å²) in [5.74, 6) is -3.14. The molecule has 1 aliphatic rings. The lowest BCUT2D eigenvalue weighted by atomic mass is 9.78. The molecule has 1 fully saturated rings. The standard InChI is InChI=1S/C16H20F3N3O2/c17-16(18,19)13-4-2-1-3-12(13)14(23)21-9-10-5-7-11(8-6-10)22-15(20)24/h5-8,12-13H,1-4,9H2,(H,21,23)(H3,20,22,24)/t12-,13-/m1/s1. The van der Waals surface area contributed by atoms with Gasteiger partial charge in [0.15, 0.2) is 0 Å². The Hall–Kier alpha value is -2.25. The molecule has 0 unspecified atom stereocenters. The van der Waals surface area contributed by atoms with Crippen molar-refractivity contribution >= 4 is 17.6 Å². The van der Waals surface area contributed by atoms with Gasteiger partial charge >= 0.3 is 12.2 Å². The fourth-order valence-corrected chi connectivity index (χ4v) is 3.00. The second-order valence-electron chi connectivity index (χ2n) is 5.94. The lowest BCUT2D eigenvalue weighted by Crippen LogP contribution is -2.42. The molecular formula is C16H20F3N3O2. The minimum atomic E-state index is -4.34. The van der Waals surface area contributed by atoms with Gasteiger partial charge in [0.05, 0.1) is 5.92 Å². The third-order valence-corrected chi connectivity index (χ3v) is 4.21. The summed E-state index contributed by atoms with van der Waals surface area (Å²) in [5, 5.41) is 4.98. The summed E-state index contributed by atoms with van der Waals surface area (Å²) in [6.45, 7) is 0.136. The molecule has 1 saturated carbocycles. The van der Waals surface area contributed by atoms with E-state index < -0.39 is 30.0 Å². The molecule has 4 N–H and O–H groups in total. The Kier molecular flexibility index (Phi) is 5.69. The second kappa shape index (κ2) is 7.55. The molecule has 0 radical (unpaired) electrons. The van der Waals surface area contributed by atoms with E-state index in [1.165, 1.54) is 0 Å². The van der Waals surface area contributed by atoms with E-state index in [9.17, 15) is 22.8 Å². The van der Waals surface area contributed by atoms with Gasteiger partial charge in [0.25, 0.3) is 0 Å². The van der Waals surface area contributed by atoms with Crippen LogP contribution in [0.2, 0.25) is 0 Å². The molecule has 132 valence electrons. The highest BCUT2D eigenvalue weighted by Crippen LogP contribution is 2.41. The number of hydrogen-bond donors (Lipinski definition) is 3. The summed E-state index contributed by atoms with van der Waals surface area (Å²) in [4.78, 5) is 22.9. The fraction of sp³-hybridized carbons (Fsp3) is 0.500. The van der Waals surface area contributed by atoms with Gasteiger partial charge in [-0.25, -0.2) is 4.79 Å². The van der Waals surface area contributed by atoms with E-state index in [0.29, 0.717) is 18.5 Å². The second-order valence-corrected chi connectivity index (χ2v) is 5.94. The Labute approximate surface area is 137 Å². The molecule has 2 rings (SSSR count). The van der Waals surface area contributed by atoms with E-state index in [1.54, 1.807) is 24.3 Å². The molecule has 1 aromatic carbocycles. The Bertz CT molecular complexity index is 587. The van der Waals surface area contributed by atoms with Crippen molar-refractivity contribution in [3.05, 3.63) is 29.8 Å². The van der Waals surface area contributed by atoms with Crippen LogP contribution in [-0.4, -0.2) is 18.1 Å². The molecule has 2 atom stereocenters. The van der Waals surface area contributed by atoms with E-state index in [-0.39, 0.29) is 19.4 Å². The maximum Gasteiger partial charge on any atom is 0.392 e. The molecular weight excluding hydrogens is 323 g/mol. The largest absolute Gasteiger partial charge is 0.392 e. The Morgan fingerprint density at radius 3 is 2.33 bits per heavy atom. The quantitative estimate of drug-likeness (QED) is 0.784. The van der Waals surface area contributed by atoms with E-state index >= 15 is 0 Å². The number of nitrogens with two attached hydrogens (primary N) is 1. The van der Waals surface area contributed by atoms with E-state index in [1.807, 2.05) is 0 Å². The summed E-state index contributed by atoms with van der Waals surface area (Å²) in [7, 11) is 0. The van der Waals surface area contributed by atoms with E-state index in [2.05, 4.69) is 10.6 Å². The van der Waals surface area contributed by atoms with Gasteiger partial charge in [-0.15, -0.1) is 0 Å². The average Bonchev–Trinajstić information content (AvgIpc) is 2.52. The summed E-state index contributed by atoms with van der Waals surface area (Å²) in [5.41, 5.74) is 6.21. The van der Waals surface area contributed by atoms with Gasteiger partial charge in [0.1, 0.15) is 0 Å². The van der Waals surface area contributed by atoms with Crippen LogP contribution < -0.4 is 16.4 Å². The number of hydrogen-bond acceptors (Lipinski definition) is 2. The Morgan fingerprint density at radius 2 is 1.75 bits per heavy atom. The number of nitrogens with one attached hydrogen (secondary N) is 2. The summed E-state index contributed by atoms with van der Waals surface area (Å²) in [6.07, 6.45) is -2.93. The highest BCUT2D eigenvalue weighted by molar-refractivity contribution is 5.87. The first kappa shape index (κ1) is 18.1. The fourth-order valence-electron chi connectivity index (χ4n) is 3.00. The van der Waals surface area contributed by atoms with Gasteiger partial charge in [-0.2, -0.15) is 13.2 Å². The molecule has 3 amide bonds. The monoisotopic (exact) mass is 343 g/mol. The predicted molar refractivity (Wildman–Crippen MR) is 83.0 cm³/mol. The normalized spacial score (nSPS) is 21.1. The van der Waals surface area contributed by atoms with Gasteiger partial charge in [0, 0.05) is 18.2 Å². The number of amides is 3. The zero-order chi connectivity index (χ0) is 17.7. The number of alkyl halides is 3. The van der Waals surface area contributed by atoms with Crippen molar-refractivity contribution in [2.75, 3.05) is 5.32 Å². The van der Waals surface area contributed by atoms with Crippen LogP contribution in [0.3, 0.4) is 0 Å². The van der Waals surface area contributed by atoms with Gasteiger partial charge in [0.2, 0.25) is 5.91 Å². The van der Waals surface area contributed by atoms with Crippen LogP contribution in [0, 0.1) is 11.8 Å². The maximum absolute atomic E-state index is 13.0. The molecule has 0 bridgehead atoms. The zero-order valence-corrected chi connectivity index (χ0v) is 13.0. The van der Waals surface area contributed by atoms with Crippen molar-refractivity contribution in [3.8, 4) is 0 Å². The molecule has 0 aliphatic heterocycles. The number of anilines is 1. The SMILES string of the molecule is NC(=O)Nc1ccc(CNC(=O)[C@@H]2CCCC[C@H]2C(F)(F)F)cc1. The Morgan fingerprint density at radius 1 is 1.12 bits per heavy atom. The molecule has 1 aromatic rings. The summed E-state index contributed by atoms with van der Waals surface area (Å²) < 4.78 is 39.1. The minimum absolute atomic E-state index is 0.00900. The molecule has 8 heteroatoms. The average molecular weight is 343 g/mol. The number of carbonyl (C=O) groups is 2. The van der Waals surface area contributed by atoms with Crippen LogP contribution >= 0.6 is 0 Å². The van der Waals surface area contributed by atoms with Gasteiger partial charge in [-0.1, -0.05) is 25.0 Å². The van der Waals surface area contributed by atoms with Gasteiger partial charge in [-0.3, -0.25) is 4.79 Å². The van der Waals surface area contributed by atoms with Crippen molar-refractivity contribution in [1.29, 1.82) is 0 Å². The summed E-state index contributed by atoms with van der Waals surface area (Å²) in [6, 6.07) is 5.84. The number of primary amides is 1. The highest BCUT2D eigenvalue weighted by atomic mass is 19.4. The van der Waals surface area contributed by atoms with E-state index in [0.717, 1.165) is 5.56 Å². The molecule has 0 aromatic heterocycles. The van der Waals surface area contributed by atoms with Crippen molar-refractivity contribution in [2.24, 2.45) is 17.6 Å². The lowest BCUT2D eigenvalue weighted by molar-refractivity contribution is -0.198. The zero-order valence-electron chi connectivity index (χ0n) is 13.0. The third kappa shape index (κ3) is 4.87. The molecule has 24 heavy (non-hydrogen) atoms.